The molecule has 4 heteroatoms. The first-order chi connectivity index (χ1) is 8.22. The summed E-state index contributed by atoms with van der Waals surface area (Å²) in [4.78, 5) is 13.8. The van der Waals surface area contributed by atoms with Crippen molar-refractivity contribution in [1.82, 2.24) is 4.98 Å². The van der Waals surface area contributed by atoms with Crippen molar-refractivity contribution in [3.63, 3.8) is 0 Å². The third-order valence-corrected chi connectivity index (χ3v) is 2.52. The number of aromatic amines is 1. The average molecular weight is 231 g/mol. The Morgan fingerprint density at radius 2 is 2.24 bits per heavy atom. The van der Waals surface area contributed by atoms with Gasteiger partial charge in [0.1, 0.15) is 0 Å². The number of aromatic nitrogens is 1. The number of hydrogen-bond acceptors (Lipinski definition) is 2. The Morgan fingerprint density at radius 1 is 1.41 bits per heavy atom. The standard InChI is InChI=1S/C13H13NO3/c1-17-8-9-3-2-4-10(5-9)11-6-14-7-12(11)13(15)16/h2-7,14H,8H2,1H3,(H,15,16). The number of ether oxygens (including phenoxy) is 1. The fourth-order valence-corrected chi connectivity index (χ4v) is 1.77. The van der Waals surface area contributed by atoms with Crippen molar-refractivity contribution in [3.8, 4) is 11.1 Å². The monoisotopic (exact) mass is 231 g/mol. The number of aromatic carboxylic acids is 1. The molecule has 0 bridgehead atoms. The van der Waals surface area contributed by atoms with E-state index < -0.39 is 5.97 Å². The van der Waals surface area contributed by atoms with E-state index in [2.05, 4.69) is 4.98 Å². The lowest BCUT2D eigenvalue weighted by Crippen LogP contribution is -1.96. The first-order valence-corrected chi connectivity index (χ1v) is 5.20. The molecule has 2 rings (SSSR count). The number of hydrogen-bond donors (Lipinski definition) is 2. The maximum atomic E-state index is 11.0. The van der Waals surface area contributed by atoms with E-state index in [0.29, 0.717) is 12.2 Å². The fourth-order valence-electron chi connectivity index (χ4n) is 1.77. The first kappa shape index (κ1) is 11.4. The van der Waals surface area contributed by atoms with Gasteiger partial charge in [0.2, 0.25) is 0 Å². The third kappa shape index (κ3) is 2.37. The van der Waals surface area contributed by atoms with Crippen LogP contribution in [0.25, 0.3) is 11.1 Å². The minimum Gasteiger partial charge on any atom is -0.478 e. The molecule has 0 saturated heterocycles. The van der Waals surface area contributed by atoms with E-state index in [1.165, 1.54) is 6.20 Å². The molecule has 0 amide bonds. The predicted octanol–water partition coefficient (Wildman–Crippen LogP) is 2.53. The van der Waals surface area contributed by atoms with Crippen LogP contribution in [0.5, 0.6) is 0 Å². The molecule has 0 unspecified atom stereocenters. The predicted molar refractivity (Wildman–Crippen MR) is 63.9 cm³/mol. The Labute approximate surface area is 98.9 Å². The normalized spacial score (nSPS) is 10.4. The van der Waals surface area contributed by atoms with Crippen LogP contribution < -0.4 is 0 Å². The first-order valence-electron chi connectivity index (χ1n) is 5.20. The summed E-state index contributed by atoms with van der Waals surface area (Å²) in [7, 11) is 1.63. The van der Waals surface area contributed by atoms with Crippen molar-refractivity contribution in [1.29, 1.82) is 0 Å². The van der Waals surface area contributed by atoms with Gasteiger partial charge in [-0.25, -0.2) is 4.79 Å². The number of H-pyrrole nitrogens is 1. The minimum absolute atomic E-state index is 0.277. The van der Waals surface area contributed by atoms with Gasteiger partial charge in [-0.05, 0) is 17.2 Å². The molecule has 0 aliphatic heterocycles. The molecule has 4 nitrogen and oxygen atoms in total. The van der Waals surface area contributed by atoms with Gasteiger partial charge in [0.25, 0.3) is 0 Å². The van der Waals surface area contributed by atoms with Crippen molar-refractivity contribution in [3.05, 3.63) is 47.8 Å². The van der Waals surface area contributed by atoms with Gasteiger partial charge in [-0.2, -0.15) is 0 Å². The molecule has 0 radical (unpaired) electrons. The van der Waals surface area contributed by atoms with Crippen molar-refractivity contribution < 1.29 is 14.6 Å². The molecular weight excluding hydrogens is 218 g/mol. The van der Waals surface area contributed by atoms with Gasteiger partial charge in [0.05, 0.1) is 12.2 Å². The number of carbonyl (C=O) groups is 1. The van der Waals surface area contributed by atoms with Gasteiger partial charge in [-0.1, -0.05) is 18.2 Å². The number of rotatable bonds is 4. The molecule has 1 aromatic heterocycles. The van der Waals surface area contributed by atoms with Crippen LogP contribution in [0.1, 0.15) is 15.9 Å². The van der Waals surface area contributed by atoms with Crippen molar-refractivity contribution in [2.45, 2.75) is 6.61 Å². The molecule has 88 valence electrons. The summed E-state index contributed by atoms with van der Waals surface area (Å²) < 4.78 is 5.05. The van der Waals surface area contributed by atoms with Crippen molar-refractivity contribution >= 4 is 5.97 Å². The van der Waals surface area contributed by atoms with E-state index in [1.54, 1.807) is 13.3 Å². The van der Waals surface area contributed by atoms with Gasteiger partial charge >= 0.3 is 5.97 Å². The summed E-state index contributed by atoms with van der Waals surface area (Å²) in [5, 5.41) is 9.04. The summed E-state index contributed by atoms with van der Waals surface area (Å²) in [6.07, 6.45) is 3.18. The molecule has 2 aromatic rings. The van der Waals surface area contributed by atoms with E-state index >= 15 is 0 Å². The van der Waals surface area contributed by atoms with E-state index in [0.717, 1.165) is 11.1 Å². The third-order valence-electron chi connectivity index (χ3n) is 2.52. The van der Waals surface area contributed by atoms with Gasteiger partial charge < -0.3 is 14.8 Å². The summed E-state index contributed by atoms with van der Waals surface area (Å²) in [6.45, 7) is 0.515. The van der Waals surface area contributed by atoms with E-state index in [-0.39, 0.29) is 5.56 Å². The summed E-state index contributed by atoms with van der Waals surface area (Å²) in [5.74, 6) is -0.932. The topological polar surface area (TPSA) is 62.3 Å². The Bertz CT molecular complexity index is 531. The fraction of sp³-hybridized carbons (Fsp3) is 0.154. The zero-order chi connectivity index (χ0) is 12.3. The zero-order valence-electron chi connectivity index (χ0n) is 9.43. The van der Waals surface area contributed by atoms with E-state index in [4.69, 9.17) is 9.84 Å². The number of benzene rings is 1. The van der Waals surface area contributed by atoms with Gasteiger partial charge in [-0.3, -0.25) is 0 Å². The number of carboxylic acid groups (broad SMARTS) is 1. The Balaban J connectivity index is 2.42. The van der Waals surface area contributed by atoms with Crippen LogP contribution in [0.4, 0.5) is 0 Å². The van der Waals surface area contributed by atoms with Crippen LogP contribution in [0.15, 0.2) is 36.7 Å². The quantitative estimate of drug-likeness (QED) is 0.849. The maximum Gasteiger partial charge on any atom is 0.337 e. The lowest BCUT2D eigenvalue weighted by atomic mass is 10.0. The van der Waals surface area contributed by atoms with Crippen LogP contribution in [0.2, 0.25) is 0 Å². The van der Waals surface area contributed by atoms with Gasteiger partial charge in [0.15, 0.2) is 0 Å². The molecule has 0 aliphatic rings. The average Bonchev–Trinajstić information content (AvgIpc) is 2.79. The molecule has 0 atom stereocenters. The molecule has 0 fully saturated rings. The highest BCUT2D eigenvalue weighted by Gasteiger charge is 2.12. The second-order valence-electron chi connectivity index (χ2n) is 3.72. The Morgan fingerprint density at radius 3 is 2.94 bits per heavy atom. The number of carboxylic acids is 1. The van der Waals surface area contributed by atoms with Gasteiger partial charge in [-0.15, -0.1) is 0 Å². The van der Waals surface area contributed by atoms with Crippen LogP contribution >= 0.6 is 0 Å². The molecule has 0 saturated carbocycles. The lowest BCUT2D eigenvalue weighted by Gasteiger charge is -2.04. The van der Waals surface area contributed by atoms with Gasteiger partial charge in [0, 0.05) is 25.1 Å². The molecular formula is C13H13NO3. The molecule has 1 aromatic carbocycles. The van der Waals surface area contributed by atoms with Crippen molar-refractivity contribution in [2.24, 2.45) is 0 Å². The number of nitrogens with one attached hydrogen (secondary N) is 1. The highest BCUT2D eigenvalue weighted by atomic mass is 16.5. The zero-order valence-corrected chi connectivity index (χ0v) is 9.43. The highest BCUT2D eigenvalue weighted by molar-refractivity contribution is 5.95. The Hall–Kier alpha value is -2.07. The largest absolute Gasteiger partial charge is 0.478 e. The second kappa shape index (κ2) is 4.84. The highest BCUT2D eigenvalue weighted by Crippen LogP contribution is 2.24. The SMILES string of the molecule is COCc1cccc(-c2c[nH]cc2C(=O)O)c1. The van der Waals surface area contributed by atoms with Crippen LogP contribution in [-0.4, -0.2) is 23.2 Å². The molecule has 0 spiro atoms. The smallest absolute Gasteiger partial charge is 0.337 e. The van der Waals surface area contributed by atoms with Crippen LogP contribution in [-0.2, 0) is 11.3 Å². The Kier molecular flexibility index (Phi) is 3.25. The number of methoxy groups -OCH3 is 1. The minimum atomic E-state index is -0.932. The lowest BCUT2D eigenvalue weighted by molar-refractivity contribution is 0.0698. The summed E-state index contributed by atoms with van der Waals surface area (Å²) in [6, 6.07) is 7.65. The second-order valence-corrected chi connectivity index (χ2v) is 3.72. The van der Waals surface area contributed by atoms with Crippen molar-refractivity contribution in [2.75, 3.05) is 7.11 Å². The van der Waals surface area contributed by atoms with Crippen LogP contribution in [0.3, 0.4) is 0 Å². The van der Waals surface area contributed by atoms with E-state index in [9.17, 15) is 4.79 Å². The maximum absolute atomic E-state index is 11.0. The molecule has 2 N–H and O–H groups in total. The molecule has 17 heavy (non-hydrogen) atoms. The summed E-state index contributed by atoms with van der Waals surface area (Å²) in [5.41, 5.74) is 2.86. The van der Waals surface area contributed by atoms with E-state index in [1.807, 2.05) is 24.3 Å². The molecule has 1 heterocycles. The summed E-state index contributed by atoms with van der Waals surface area (Å²) >= 11 is 0. The van der Waals surface area contributed by atoms with Crippen LogP contribution in [0, 0.1) is 0 Å². The molecule has 0 aliphatic carbocycles.